The summed E-state index contributed by atoms with van der Waals surface area (Å²) < 4.78 is 5.82. The average molecular weight is 254 g/mol. The Balaban J connectivity index is 2.17. The summed E-state index contributed by atoms with van der Waals surface area (Å²) in [6.45, 7) is 7.30. The predicted octanol–water partition coefficient (Wildman–Crippen LogP) is 0.981. The summed E-state index contributed by atoms with van der Waals surface area (Å²) in [5.74, 6) is -0.322. The highest BCUT2D eigenvalue weighted by molar-refractivity contribution is 5.96. The molecule has 2 atom stereocenters. The highest BCUT2D eigenvalue weighted by Crippen LogP contribution is 2.28. The number of rotatable bonds is 3. The van der Waals surface area contributed by atoms with E-state index >= 15 is 0 Å². The van der Waals surface area contributed by atoms with Gasteiger partial charge in [-0.25, -0.2) is 0 Å². The molecule has 0 N–H and O–H groups in total. The second kappa shape index (κ2) is 5.36. The third-order valence-electron chi connectivity index (χ3n) is 3.60. The van der Waals surface area contributed by atoms with E-state index < -0.39 is 6.23 Å². The van der Waals surface area contributed by atoms with Crippen molar-refractivity contribution in [3.8, 4) is 0 Å². The Labute approximate surface area is 108 Å². The van der Waals surface area contributed by atoms with Gasteiger partial charge >= 0.3 is 0 Å². The van der Waals surface area contributed by atoms with Crippen LogP contribution in [0.5, 0.6) is 0 Å². The van der Waals surface area contributed by atoms with Crippen molar-refractivity contribution in [2.45, 2.75) is 58.4 Å². The van der Waals surface area contributed by atoms with Crippen LogP contribution in [0.2, 0.25) is 0 Å². The molecule has 0 aromatic rings. The molecular weight excluding hydrogens is 232 g/mol. The van der Waals surface area contributed by atoms with Crippen LogP contribution in [0, 0.1) is 0 Å². The number of nitrogens with zero attached hydrogens (tertiary/aromatic N) is 2. The Morgan fingerprint density at radius 2 is 1.94 bits per heavy atom. The zero-order valence-electron chi connectivity index (χ0n) is 11.4. The van der Waals surface area contributed by atoms with E-state index in [1.54, 1.807) is 0 Å². The van der Waals surface area contributed by atoms with Crippen LogP contribution in [0.4, 0.5) is 0 Å². The van der Waals surface area contributed by atoms with Gasteiger partial charge in [0.15, 0.2) is 6.23 Å². The lowest BCUT2D eigenvalue weighted by Gasteiger charge is -2.32. The van der Waals surface area contributed by atoms with E-state index in [2.05, 4.69) is 4.90 Å². The molecule has 2 saturated heterocycles. The summed E-state index contributed by atoms with van der Waals surface area (Å²) in [5.41, 5.74) is 0. The maximum atomic E-state index is 12.0. The van der Waals surface area contributed by atoms with Crippen molar-refractivity contribution >= 4 is 11.8 Å². The van der Waals surface area contributed by atoms with Crippen LogP contribution in [0.3, 0.4) is 0 Å². The Morgan fingerprint density at radius 3 is 2.44 bits per heavy atom. The zero-order valence-corrected chi connectivity index (χ0v) is 11.4. The van der Waals surface area contributed by atoms with E-state index in [0.29, 0.717) is 6.42 Å². The van der Waals surface area contributed by atoms with Gasteiger partial charge in [-0.2, -0.15) is 0 Å². The van der Waals surface area contributed by atoms with Crippen molar-refractivity contribution in [2.24, 2.45) is 0 Å². The molecule has 102 valence electrons. The van der Waals surface area contributed by atoms with Crippen LogP contribution in [-0.2, 0) is 14.3 Å². The van der Waals surface area contributed by atoms with Crippen molar-refractivity contribution in [2.75, 3.05) is 13.1 Å². The normalized spacial score (nSPS) is 29.6. The first-order chi connectivity index (χ1) is 8.50. The standard InChI is InChI=1S/C13H22N2O3/c1-9(2)18-13-11(14-6-4-5-7-14)8-12(17)15(13)10(3)16/h9,11,13H,4-8H2,1-3H3/t11-,13+/m0/s1. The SMILES string of the molecule is CC(=O)N1C(=O)C[C@H](N2CCCC2)[C@H]1OC(C)C. The first-order valence-electron chi connectivity index (χ1n) is 6.73. The fourth-order valence-electron chi connectivity index (χ4n) is 2.86. The minimum atomic E-state index is -0.409. The highest BCUT2D eigenvalue weighted by Gasteiger charge is 2.46. The number of carbonyl (C=O) groups is 2. The Kier molecular flexibility index (Phi) is 4.02. The summed E-state index contributed by atoms with van der Waals surface area (Å²) in [7, 11) is 0. The smallest absolute Gasteiger partial charge is 0.233 e. The fraction of sp³-hybridized carbons (Fsp3) is 0.846. The first-order valence-corrected chi connectivity index (χ1v) is 6.73. The predicted molar refractivity (Wildman–Crippen MR) is 66.7 cm³/mol. The molecule has 5 heteroatoms. The van der Waals surface area contributed by atoms with E-state index in [9.17, 15) is 9.59 Å². The number of likely N-dealkylation sites (tertiary alicyclic amines) is 2. The zero-order chi connectivity index (χ0) is 13.3. The number of hydrogen-bond acceptors (Lipinski definition) is 4. The van der Waals surface area contributed by atoms with Gasteiger partial charge in [0.2, 0.25) is 11.8 Å². The molecule has 2 heterocycles. The van der Waals surface area contributed by atoms with Gasteiger partial charge in [0.1, 0.15) is 0 Å². The number of ether oxygens (including phenoxy) is 1. The number of hydrogen-bond donors (Lipinski definition) is 0. The van der Waals surface area contributed by atoms with E-state index in [1.807, 2.05) is 13.8 Å². The summed E-state index contributed by atoms with van der Waals surface area (Å²) in [6.07, 6.45) is 2.33. The maximum Gasteiger partial charge on any atom is 0.233 e. The van der Waals surface area contributed by atoms with Crippen LogP contribution < -0.4 is 0 Å². The number of carbonyl (C=O) groups excluding carboxylic acids is 2. The van der Waals surface area contributed by atoms with E-state index in [1.165, 1.54) is 24.7 Å². The summed E-state index contributed by atoms with van der Waals surface area (Å²) in [4.78, 5) is 27.2. The van der Waals surface area contributed by atoms with E-state index in [4.69, 9.17) is 4.74 Å². The molecule has 2 aliphatic heterocycles. The van der Waals surface area contributed by atoms with Gasteiger partial charge in [-0.1, -0.05) is 0 Å². The average Bonchev–Trinajstić information content (AvgIpc) is 2.84. The minimum absolute atomic E-state index is 0.00727. The minimum Gasteiger partial charge on any atom is -0.353 e. The van der Waals surface area contributed by atoms with Crippen LogP contribution in [0.1, 0.15) is 40.0 Å². The van der Waals surface area contributed by atoms with Crippen LogP contribution in [0.15, 0.2) is 0 Å². The summed E-state index contributed by atoms with van der Waals surface area (Å²) >= 11 is 0. The Hall–Kier alpha value is -0.940. The van der Waals surface area contributed by atoms with Gasteiger partial charge < -0.3 is 4.74 Å². The summed E-state index contributed by atoms with van der Waals surface area (Å²) in [6, 6.07) is 0.0336. The van der Waals surface area contributed by atoms with Gasteiger partial charge in [0.05, 0.1) is 12.1 Å². The van der Waals surface area contributed by atoms with Crippen molar-refractivity contribution in [3.63, 3.8) is 0 Å². The third-order valence-corrected chi connectivity index (χ3v) is 3.60. The molecule has 2 fully saturated rings. The molecule has 2 rings (SSSR count). The lowest BCUT2D eigenvalue weighted by atomic mass is 10.2. The molecule has 2 amide bonds. The molecule has 2 aliphatic rings. The lowest BCUT2D eigenvalue weighted by Crippen LogP contribution is -2.48. The molecule has 0 bridgehead atoms. The van der Waals surface area contributed by atoms with Crippen LogP contribution in [-0.4, -0.2) is 53.1 Å². The molecule has 0 radical (unpaired) electrons. The highest BCUT2D eigenvalue weighted by atomic mass is 16.5. The molecule has 0 unspecified atom stereocenters. The van der Waals surface area contributed by atoms with Crippen molar-refractivity contribution in [1.82, 2.24) is 9.80 Å². The van der Waals surface area contributed by atoms with Crippen LogP contribution in [0.25, 0.3) is 0 Å². The molecular formula is C13H22N2O3. The molecule has 0 saturated carbocycles. The molecule has 18 heavy (non-hydrogen) atoms. The second-order valence-corrected chi connectivity index (χ2v) is 5.37. The fourth-order valence-corrected chi connectivity index (χ4v) is 2.86. The van der Waals surface area contributed by atoms with Gasteiger partial charge in [0, 0.05) is 13.3 Å². The number of amides is 2. The Morgan fingerprint density at radius 1 is 1.33 bits per heavy atom. The maximum absolute atomic E-state index is 12.0. The van der Waals surface area contributed by atoms with Gasteiger partial charge in [-0.05, 0) is 39.8 Å². The monoisotopic (exact) mass is 254 g/mol. The second-order valence-electron chi connectivity index (χ2n) is 5.37. The first kappa shape index (κ1) is 13.5. The van der Waals surface area contributed by atoms with Gasteiger partial charge in [0.25, 0.3) is 0 Å². The molecule has 0 aromatic carbocycles. The molecule has 5 nitrogen and oxygen atoms in total. The summed E-state index contributed by atoms with van der Waals surface area (Å²) in [5, 5.41) is 0. The van der Waals surface area contributed by atoms with E-state index in [-0.39, 0.29) is 24.0 Å². The molecule has 0 aromatic heterocycles. The lowest BCUT2D eigenvalue weighted by molar-refractivity contribution is -0.157. The van der Waals surface area contributed by atoms with Crippen LogP contribution >= 0.6 is 0 Å². The van der Waals surface area contributed by atoms with Gasteiger partial charge in [-0.3, -0.25) is 19.4 Å². The van der Waals surface area contributed by atoms with Crippen molar-refractivity contribution in [1.29, 1.82) is 0 Å². The van der Waals surface area contributed by atoms with Crippen molar-refractivity contribution in [3.05, 3.63) is 0 Å². The van der Waals surface area contributed by atoms with Crippen molar-refractivity contribution < 1.29 is 14.3 Å². The topological polar surface area (TPSA) is 49.9 Å². The van der Waals surface area contributed by atoms with E-state index in [0.717, 1.165) is 13.1 Å². The third kappa shape index (κ3) is 2.57. The molecule has 0 aliphatic carbocycles. The molecule has 0 spiro atoms. The number of imide groups is 1. The largest absolute Gasteiger partial charge is 0.353 e. The van der Waals surface area contributed by atoms with Gasteiger partial charge in [-0.15, -0.1) is 0 Å². The quantitative estimate of drug-likeness (QED) is 0.753. The Bertz CT molecular complexity index is 337.